The Balaban J connectivity index is 1.78. The van der Waals surface area contributed by atoms with Gasteiger partial charge in [0.05, 0.1) is 17.9 Å². The van der Waals surface area contributed by atoms with E-state index in [1.807, 2.05) is 78.9 Å². The molecule has 0 aromatic heterocycles. The summed E-state index contributed by atoms with van der Waals surface area (Å²) in [5, 5.41) is 0. The fraction of sp³-hybridized carbons (Fsp3) is 0.432. The zero-order chi connectivity index (χ0) is 39.4. The maximum atomic E-state index is 13.3. The van der Waals surface area contributed by atoms with Crippen molar-refractivity contribution in [3.63, 3.8) is 0 Å². The highest BCUT2D eigenvalue weighted by Gasteiger charge is 2.48. The summed E-state index contributed by atoms with van der Waals surface area (Å²) < 4.78 is 35.4. The second-order valence-electron chi connectivity index (χ2n) is 13.3. The lowest BCUT2D eigenvalue weighted by molar-refractivity contribution is -0.288. The maximum absolute atomic E-state index is 13.3. The zero-order valence-corrected chi connectivity index (χ0v) is 32.2. The number of allylic oxidation sites excluding steroid dienone is 1. The maximum Gasteiger partial charge on any atom is 0.338 e. The van der Waals surface area contributed by atoms with Crippen molar-refractivity contribution in [2.24, 2.45) is 4.99 Å². The first kappa shape index (κ1) is 42.6. The van der Waals surface area contributed by atoms with E-state index in [1.54, 1.807) is 24.3 Å². The van der Waals surface area contributed by atoms with Crippen LogP contribution in [0.1, 0.15) is 94.1 Å². The molecule has 11 heteroatoms. The number of unbranched alkanes of at least 4 members (excludes halogenated alkanes) is 6. The molecule has 6 atom stereocenters. The highest BCUT2D eigenvalue weighted by atomic mass is 16.7. The van der Waals surface area contributed by atoms with Crippen molar-refractivity contribution >= 4 is 29.6 Å². The van der Waals surface area contributed by atoms with Crippen molar-refractivity contribution in [1.82, 2.24) is 0 Å². The summed E-state index contributed by atoms with van der Waals surface area (Å²) in [5.41, 5.74) is 2.66. The third kappa shape index (κ3) is 14.2. The van der Waals surface area contributed by atoms with Crippen molar-refractivity contribution in [2.75, 3.05) is 13.2 Å². The lowest BCUT2D eigenvalue weighted by Gasteiger charge is -2.41. The predicted molar refractivity (Wildman–Crippen MR) is 207 cm³/mol. The zero-order valence-electron chi connectivity index (χ0n) is 32.2. The monoisotopic (exact) mass is 755 g/mol. The van der Waals surface area contributed by atoms with Crippen LogP contribution in [0.15, 0.2) is 108 Å². The average molecular weight is 756 g/mol. The molecule has 1 aliphatic rings. The molecule has 294 valence electrons. The Bertz CT molecular complexity index is 1650. The van der Waals surface area contributed by atoms with Gasteiger partial charge < -0.3 is 28.4 Å². The number of esters is 4. The number of aliphatic imine (C=N–C) groups is 1. The first-order valence-electron chi connectivity index (χ1n) is 19.0. The van der Waals surface area contributed by atoms with E-state index in [4.69, 9.17) is 33.4 Å². The molecule has 0 radical (unpaired) electrons. The van der Waals surface area contributed by atoms with Crippen LogP contribution in [-0.2, 0) is 42.8 Å². The van der Waals surface area contributed by atoms with Crippen LogP contribution in [0.25, 0.3) is 0 Å². The number of ether oxygens (including phenoxy) is 6. The van der Waals surface area contributed by atoms with E-state index in [0.717, 1.165) is 36.8 Å². The molecule has 0 spiro atoms. The van der Waals surface area contributed by atoms with Gasteiger partial charge in [-0.15, -0.1) is 0 Å². The molecule has 0 N–H and O–H groups in total. The van der Waals surface area contributed by atoms with E-state index in [-0.39, 0.29) is 13.2 Å². The van der Waals surface area contributed by atoms with Crippen molar-refractivity contribution < 1.29 is 47.6 Å². The molecule has 0 saturated carbocycles. The number of rotatable bonds is 20. The van der Waals surface area contributed by atoms with Gasteiger partial charge in [0, 0.05) is 31.9 Å². The standard InChI is InChI=1S/C44H53NO10/c1-5-6-7-8-9-10-11-21-28-38(55-44-42(54-33(4)48)41(53-32(3)47)39(30-51-44)52-31(2)46)37(29-50-43(49)36-26-19-14-20-27-36)45-40(34-22-15-12-16-23-34)35-24-17-13-18-25-35/h12-28,37-39,41-42,44H,5-11,29-30H2,1-4H3/b28-21+/t37-,38-,39+,41-,42+,44-/m0/s1. The molecule has 1 heterocycles. The highest BCUT2D eigenvalue weighted by molar-refractivity contribution is 6.13. The quantitative estimate of drug-likeness (QED) is 0.0373. The third-order valence-electron chi connectivity index (χ3n) is 8.81. The molecule has 11 nitrogen and oxygen atoms in total. The van der Waals surface area contributed by atoms with Crippen LogP contribution in [0, 0.1) is 0 Å². The van der Waals surface area contributed by atoms with E-state index in [1.165, 1.54) is 40.0 Å². The second kappa shape index (κ2) is 22.9. The van der Waals surface area contributed by atoms with Crippen LogP contribution in [0.5, 0.6) is 0 Å². The van der Waals surface area contributed by atoms with Gasteiger partial charge in [-0.05, 0) is 25.0 Å². The Morgan fingerprint density at radius 3 is 1.80 bits per heavy atom. The molecule has 0 bridgehead atoms. The summed E-state index contributed by atoms with van der Waals surface area (Å²) in [6.45, 7) is 5.40. The summed E-state index contributed by atoms with van der Waals surface area (Å²) >= 11 is 0. The minimum absolute atomic E-state index is 0.197. The molecule has 0 amide bonds. The number of hydrogen-bond acceptors (Lipinski definition) is 11. The van der Waals surface area contributed by atoms with Gasteiger partial charge in [0.15, 0.2) is 24.6 Å². The van der Waals surface area contributed by atoms with Crippen molar-refractivity contribution in [3.8, 4) is 0 Å². The Morgan fingerprint density at radius 1 is 0.709 bits per heavy atom. The lowest BCUT2D eigenvalue weighted by Crippen LogP contribution is -2.59. The predicted octanol–water partition coefficient (Wildman–Crippen LogP) is 7.59. The van der Waals surface area contributed by atoms with Gasteiger partial charge in [0.1, 0.15) is 18.8 Å². The van der Waals surface area contributed by atoms with Crippen molar-refractivity contribution in [1.29, 1.82) is 0 Å². The molecule has 4 rings (SSSR count). The summed E-state index contributed by atoms with van der Waals surface area (Å²) in [6, 6.07) is 27.1. The first-order chi connectivity index (χ1) is 26.7. The molecular weight excluding hydrogens is 702 g/mol. The number of benzene rings is 3. The van der Waals surface area contributed by atoms with Crippen LogP contribution >= 0.6 is 0 Å². The van der Waals surface area contributed by atoms with E-state index >= 15 is 0 Å². The fourth-order valence-electron chi connectivity index (χ4n) is 6.22. The van der Waals surface area contributed by atoms with Crippen molar-refractivity contribution in [2.45, 2.75) is 109 Å². The SMILES string of the molecule is CCCCCCCC/C=C/[C@H](O[C@@H]1OC[C@@H](OC(C)=O)[C@H](OC(C)=O)[C@H]1OC(C)=O)[C@H](COC(=O)c1ccccc1)N=C(c1ccccc1)c1ccccc1. The van der Waals surface area contributed by atoms with Crippen LogP contribution in [-0.4, -0.2) is 79.6 Å². The van der Waals surface area contributed by atoms with Crippen molar-refractivity contribution in [3.05, 3.63) is 120 Å². The minimum atomic E-state index is -1.33. The van der Waals surface area contributed by atoms with Gasteiger partial charge >= 0.3 is 23.9 Å². The number of carbonyl (C=O) groups is 4. The van der Waals surface area contributed by atoms with Gasteiger partial charge in [0.25, 0.3) is 0 Å². The van der Waals surface area contributed by atoms with Gasteiger partial charge in [-0.3, -0.25) is 19.4 Å². The normalized spacial score (nSPS) is 19.1. The van der Waals surface area contributed by atoms with E-state index in [0.29, 0.717) is 11.3 Å². The molecule has 0 unspecified atom stereocenters. The highest BCUT2D eigenvalue weighted by Crippen LogP contribution is 2.28. The fourth-order valence-corrected chi connectivity index (χ4v) is 6.22. The molecule has 0 aliphatic carbocycles. The van der Waals surface area contributed by atoms with Crippen LogP contribution < -0.4 is 0 Å². The third-order valence-corrected chi connectivity index (χ3v) is 8.81. The van der Waals surface area contributed by atoms with Gasteiger partial charge in [-0.25, -0.2) is 4.79 Å². The Labute approximate surface area is 324 Å². The Hall–Kier alpha value is -5.13. The summed E-state index contributed by atoms with van der Waals surface area (Å²) in [7, 11) is 0. The summed E-state index contributed by atoms with van der Waals surface area (Å²) in [5.74, 6) is -2.55. The Morgan fingerprint density at radius 2 is 1.24 bits per heavy atom. The van der Waals surface area contributed by atoms with E-state index < -0.39 is 60.6 Å². The van der Waals surface area contributed by atoms with E-state index in [9.17, 15) is 19.2 Å². The molecule has 3 aromatic rings. The molecular formula is C44H53NO10. The molecule has 1 fully saturated rings. The van der Waals surface area contributed by atoms with Crippen LogP contribution in [0.2, 0.25) is 0 Å². The summed E-state index contributed by atoms with van der Waals surface area (Å²) in [4.78, 5) is 55.4. The smallest absolute Gasteiger partial charge is 0.338 e. The molecule has 1 saturated heterocycles. The number of hydrogen-bond donors (Lipinski definition) is 0. The second-order valence-corrected chi connectivity index (χ2v) is 13.3. The van der Waals surface area contributed by atoms with Gasteiger partial charge in [-0.2, -0.15) is 0 Å². The molecule has 55 heavy (non-hydrogen) atoms. The van der Waals surface area contributed by atoms with E-state index in [2.05, 4.69) is 6.92 Å². The van der Waals surface area contributed by atoms with Crippen LogP contribution in [0.4, 0.5) is 0 Å². The summed E-state index contributed by atoms with van der Waals surface area (Å²) in [6.07, 6.45) is 5.48. The average Bonchev–Trinajstić information content (AvgIpc) is 3.18. The lowest BCUT2D eigenvalue weighted by atomic mass is 10.0. The first-order valence-corrected chi connectivity index (χ1v) is 19.0. The minimum Gasteiger partial charge on any atom is -0.460 e. The van der Waals surface area contributed by atoms with Gasteiger partial charge in [0.2, 0.25) is 0 Å². The topological polar surface area (TPSA) is 136 Å². The number of carbonyl (C=O) groups excluding carboxylic acids is 4. The van der Waals surface area contributed by atoms with Crippen LogP contribution in [0.3, 0.4) is 0 Å². The Kier molecular flexibility index (Phi) is 17.8. The van der Waals surface area contributed by atoms with Gasteiger partial charge in [-0.1, -0.05) is 130 Å². The largest absolute Gasteiger partial charge is 0.460 e. The molecule has 1 aliphatic heterocycles. The molecule has 3 aromatic carbocycles. The number of nitrogens with zero attached hydrogens (tertiary/aromatic N) is 1.